The van der Waals surface area contributed by atoms with Gasteiger partial charge in [-0.15, -0.1) is 0 Å². The standard InChI is InChI=1S/C16H24F2N2/c1-2-12-7-4-3-5-10-20(12)15(11-19)13-8-6-9-14(17)16(13)18/h6,8-9,12,15H,2-5,7,10-11,19H2,1H3. The molecule has 1 saturated heterocycles. The van der Waals surface area contributed by atoms with E-state index in [0.29, 0.717) is 18.2 Å². The van der Waals surface area contributed by atoms with Gasteiger partial charge >= 0.3 is 0 Å². The summed E-state index contributed by atoms with van der Waals surface area (Å²) in [5.41, 5.74) is 6.29. The lowest BCUT2D eigenvalue weighted by Gasteiger charge is -2.36. The molecule has 20 heavy (non-hydrogen) atoms. The summed E-state index contributed by atoms with van der Waals surface area (Å²) in [6.45, 7) is 3.38. The van der Waals surface area contributed by atoms with E-state index < -0.39 is 11.6 Å². The van der Waals surface area contributed by atoms with E-state index in [1.54, 1.807) is 12.1 Å². The predicted octanol–water partition coefficient (Wildman–Crippen LogP) is 3.62. The Balaban J connectivity index is 2.31. The van der Waals surface area contributed by atoms with Gasteiger partial charge in [0, 0.05) is 18.2 Å². The van der Waals surface area contributed by atoms with E-state index in [4.69, 9.17) is 5.73 Å². The molecule has 0 radical (unpaired) electrons. The highest BCUT2D eigenvalue weighted by atomic mass is 19.2. The Morgan fingerprint density at radius 2 is 2.10 bits per heavy atom. The van der Waals surface area contributed by atoms with Gasteiger partial charge in [-0.2, -0.15) is 0 Å². The molecule has 0 aliphatic carbocycles. The van der Waals surface area contributed by atoms with Crippen LogP contribution >= 0.6 is 0 Å². The predicted molar refractivity (Wildman–Crippen MR) is 77.4 cm³/mol. The highest BCUT2D eigenvalue weighted by molar-refractivity contribution is 5.23. The van der Waals surface area contributed by atoms with Crippen LogP contribution in [0.25, 0.3) is 0 Å². The molecule has 0 saturated carbocycles. The number of hydrogen-bond acceptors (Lipinski definition) is 2. The van der Waals surface area contributed by atoms with Crippen molar-refractivity contribution in [1.29, 1.82) is 0 Å². The van der Waals surface area contributed by atoms with Crippen molar-refractivity contribution in [2.24, 2.45) is 5.73 Å². The molecule has 2 rings (SSSR count). The van der Waals surface area contributed by atoms with Crippen LogP contribution in [0.3, 0.4) is 0 Å². The fourth-order valence-electron chi connectivity index (χ4n) is 3.27. The average molecular weight is 282 g/mol. The molecule has 4 heteroatoms. The van der Waals surface area contributed by atoms with E-state index in [-0.39, 0.29) is 6.04 Å². The van der Waals surface area contributed by atoms with E-state index in [0.717, 1.165) is 31.9 Å². The third-order valence-electron chi connectivity index (χ3n) is 4.36. The molecule has 2 atom stereocenters. The monoisotopic (exact) mass is 282 g/mol. The van der Waals surface area contributed by atoms with Crippen LogP contribution in [-0.4, -0.2) is 24.0 Å². The van der Waals surface area contributed by atoms with E-state index in [1.807, 2.05) is 0 Å². The Bertz CT molecular complexity index is 436. The maximum absolute atomic E-state index is 14.1. The van der Waals surface area contributed by atoms with Crippen LogP contribution in [-0.2, 0) is 0 Å². The summed E-state index contributed by atoms with van der Waals surface area (Å²) in [6, 6.07) is 4.57. The van der Waals surface area contributed by atoms with Crippen molar-refractivity contribution in [3.63, 3.8) is 0 Å². The van der Waals surface area contributed by atoms with Crippen LogP contribution < -0.4 is 5.73 Å². The van der Waals surface area contributed by atoms with E-state index in [2.05, 4.69) is 11.8 Å². The zero-order chi connectivity index (χ0) is 14.5. The van der Waals surface area contributed by atoms with Gasteiger partial charge in [-0.25, -0.2) is 8.78 Å². The van der Waals surface area contributed by atoms with Crippen molar-refractivity contribution in [3.8, 4) is 0 Å². The summed E-state index contributed by atoms with van der Waals surface area (Å²) >= 11 is 0. The molecule has 0 bridgehead atoms. The molecule has 1 fully saturated rings. The van der Waals surface area contributed by atoms with Crippen LogP contribution in [0.15, 0.2) is 18.2 Å². The number of likely N-dealkylation sites (tertiary alicyclic amines) is 1. The number of benzene rings is 1. The van der Waals surface area contributed by atoms with Gasteiger partial charge in [-0.05, 0) is 31.9 Å². The molecule has 112 valence electrons. The second kappa shape index (κ2) is 7.14. The lowest BCUT2D eigenvalue weighted by Crippen LogP contribution is -2.41. The van der Waals surface area contributed by atoms with Gasteiger partial charge in [0.25, 0.3) is 0 Å². The van der Waals surface area contributed by atoms with Crippen molar-refractivity contribution >= 4 is 0 Å². The van der Waals surface area contributed by atoms with E-state index >= 15 is 0 Å². The highest BCUT2D eigenvalue weighted by Gasteiger charge is 2.29. The van der Waals surface area contributed by atoms with Gasteiger partial charge in [0.15, 0.2) is 11.6 Å². The molecule has 1 aromatic carbocycles. The second-order valence-corrected chi connectivity index (χ2v) is 5.54. The molecule has 1 aliphatic rings. The number of halogens is 2. The van der Waals surface area contributed by atoms with Crippen molar-refractivity contribution in [1.82, 2.24) is 4.90 Å². The smallest absolute Gasteiger partial charge is 0.163 e. The van der Waals surface area contributed by atoms with Crippen molar-refractivity contribution in [3.05, 3.63) is 35.4 Å². The Kier molecular flexibility index (Phi) is 5.49. The Labute approximate surface area is 120 Å². The van der Waals surface area contributed by atoms with E-state index in [9.17, 15) is 8.78 Å². The van der Waals surface area contributed by atoms with Crippen LogP contribution in [0, 0.1) is 11.6 Å². The summed E-state index contributed by atoms with van der Waals surface area (Å²) in [5.74, 6) is -1.54. The summed E-state index contributed by atoms with van der Waals surface area (Å²) in [4.78, 5) is 2.28. The molecule has 2 nitrogen and oxygen atoms in total. The van der Waals surface area contributed by atoms with Crippen LogP contribution in [0.2, 0.25) is 0 Å². The van der Waals surface area contributed by atoms with Gasteiger partial charge in [-0.1, -0.05) is 31.9 Å². The molecule has 2 N–H and O–H groups in total. The van der Waals surface area contributed by atoms with Gasteiger partial charge in [-0.3, -0.25) is 4.90 Å². The van der Waals surface area contributed by atoms with Crippen molar-refractivity contribution in [2.75, 3.05) is 13.1 Å². The molecule has 0 spiro atoms. The first kappa shape index (κ1) is 15.4. The third kappa shape index (κ3) is 3.18. The normalized spacial score (nSPS) is 22.5. The number of hydrogen-bond donors (Lipinski definition) is 1. The molecule has 1 aliphatic heterocycles. The van der Waals surface area contributed by atoms with Crippen molar-refractivity contribution in [2.45, 2.75) is 51.1 Å². The Morgan fingerprint density at radius 1 is 1.30 bits per heavy atom. The largest absolute Gasteiger partial charge is 0.329 e. The quantitative estimate of drug-likeness (QED) is 0.914. The topological polar surface area (TPSA) is 29.3 Å². The molecular formula is C16H24F2N2. The fraction of sp³-hybridized carbons (Fsp3) is 0.625. The molecular weight excluding hydrogens is 258 g/mol. The summed E-state index contributed by atoms with van der Waals surface area (Å²) in [7, 11) is 0. The minimum absolute atomic E-state index is 0.228. The lowest BCUT2D eigenvalue weighted by atomic mass is 10.00. The maximum atomic E-state index is 14.1. The molecule has 0 amide bonds. The molecule has 2 unspecified atom stereocenters. The SMILES string of the molecule is CCC1CCCCCN1C(CN)c1cccc(F)c1F. The number of nitrogens with two attached hydrogens (primary N) is 1. The van der Waals surface area contributed by atoms with E-state index in [1.165, 1.54) is 12.8 Å². The first-order valence-electron chi connectivity index (χ1n) is 7.58. The summed E-state index contributed by atoms with van der Waals surface area (Å²) in [5, 5.41) is 0. The average Bonchev–Trinajstić information content (AvgIpc) is 2.69. The summed E-state index contributed by atoms with van der Waals surface area (Å²) < 4.78 is 27.5. The highest BCUT2D eigenvalue weighted by Crippen LogP contribution is 2.30. The molecule has 0 aromatic heterocycles. The van der Waals surface area contributed by atoms with Gasteiger partial charge < -0.3 is 5.73 Å². The van der Waals surface area contributed by atoms with Gasteiger partial charge in [0.1, 0.15) is 0 Å². The molecule has 1 aromatic rings. The van der Waals surface area contributed by atoms with Crippen LogP contribution in [0.1, 0.15) is 50.6 Å². The lowest BCUT2D eigenvalue weighted by molar-refractivity contribution is 0.133. The first-order valence-corrected chi connectivity index (χ1v) is 7.58. The van der Waals surface area contributed by atoms with Gasteiger partial charge in [0.2, 0.25) is 0 Å². The van der Waals surface area contributed by atoms with Crippen molar-refractivity contribution < 1.29 is 8.78 Å². The molecule has 1 heterocycles. The Hall–Kier alpha value is -1.00. The van der Waals surface area contributed by atoms with Crippen LogP contribution in [0.4, 0.5) is 8.78 Å². The zero-order valence-corrected chi connectivity index (χ0v) is 12.1. The number of rotatable bonds is 4. The Morgan fingerprint density at radius 3 is 2.80 bits per heavy atom. The maximum Gasteiger partial charge on any atom is 0.163 e. The number of nitrogens with zero attached hydrogens (tertiary/aromatic N) is 1. The van der Waals surface area contributed by atoms with Crippen LogP contribution in [0.5, 0.6) is 0 Å². The first-order chi connectivity index (χ1) is 9.69. The minimum Gasteiger partial charge on any atom is -0.329 e. The minimum atomic E-state index is -0.788. The zero-order valence-electron chi connectivity index (χ0n) is 12.1. The summed E-state index contributed by atoms with van der Waals surface area (Å²) in [6.07, 6.45) is 5.65. The fourth-order valence-corrected chi connectivity index (χ4v) is 3.27. The third-order valence-corrected chi connectivity index (χ3v) is 4.36. The second-order valence-electron chi connectivity index (χ2n) is 5.54. The van der Waals surface area contributed by atoms with Gasteiger partial charge in [0.05, 0.1) is 6.04 Å².